The second-order valence-electron chi connectivity index (χ2n) is 4.48. The molecule has 0 aromatic heterocycles. The highest BCUT2D eigenvalue weighted by Gasteiger charge is 2.23. The standard InChI is InChI=1S/C11H23NOS/c1-9(12-3)10(2)14(13)8-11-6-4-5-7-11/h9-12H,4-8H2,1-3H3. The van der Waals surface area contributed by atoms with Crippen LogP contribution < -0.4 is 5.32 Å². The molecule has 0 aromatic carbocycles. The van der Waals surface area contributed by atoms with Crippen LogP contribution in [0.1, 0.15) is 39.5 Å². The van der Waals surface area contributed by atoms with Gasteiger partial charge in [-0.2, -0.15) is 0 Å². The largest absolute Gasteiger partial charge is 0.316 e. The Balaban J connectivity index is 2.32. The van der Waals surface area contributed by atoms with Crippen LogP contribution in [0.15, 0.2) is 0 Å². The van der Waals surface area contributed by atoms with Crippen LogP contribution in [0.2, 0.25) is 0 Å². The van der Waals surface area contributed by atoms with Gasteiger partial charge < -0.3 is 5.32 Å². The van der Waals surface area contributed by atoms with Crippen LogP contribution in [0.25, 0.3) is 0 Å². The highest BCUT2D eigenvalue weighted by Crippen LogP contribution is 2.26. The van der Waals surface area contributed by atoms with E-state index in [4.69, 9.17) is 0 Å². The normalized spacial score (nSPS) is 24.8. The molecule has 0 amide bonds. The number of rotatable bonds is 5. The summed E-state index contributed by atoms with van der Waals surface area (Å²) in [6.45, 7) is 4.20. The molecule has 0 saturated heterocycles. The molecule has 0 bridgehead atoms. The highest BCUT2D eigenvalue weighted by atomic mass is 32.2. The molecule has 0 aliphatic heterocycles. The van der Waals surface area contributed by atoms with Crippen molar-refractivity contribution in [2.24, 2.45) is 5.92 Å². The minimum absolute atomic E-state index is 0.278. The van der Waals surface area contributed by atoms with Crippen LogP contribution in [0, 0.1) is 5.92 Å². The Labute approximate surface area is 90.3 Å². The van der Waals surface area contributed by atoms with Crippen LogP contribution in [0.5, 0.6) is 0 Å². The SMILES string of the molecule is CNC(C)C(C)S(=O)CC1CCCC1. The van der Waals surface area contributed by atoms with Crippen LogP contribution in [-0.4, -0.2) is 28.3 Å². The molecule has 1 rings (SSSR count). The Kier molecular flexibility index (Phi) is 5.10. The molecule has 84 valence electrons. The van der Waals surface area contributed by atoms with Crippen molar-refractivity contribution in [1.82, 2.24) is 5.32 Å². The molecular weight excluding hydrogens is 194 g/mol. The molecule has 1 aliphatic rings. The van der Waals surface area contributed by atoms with Crippen molar-refractivity contribution < 1.29 is 4.21 Å². The second-order valence-corrected chi connectivity index (χ2v) is 6.32. The molecule has 0 radical (unpaired) electrons. The van der Waals surface area contributed by atoms with E-state index in [1.54, 1.807) is 0 Å². The first kappa shape index (κ1) is 12.2. The van der Waals surface area contributed by atoms with Gasteiger partial charge in [0.05, 0.1) is 0 Å². The lowest BCUT2D eigenvalue weighted by atomic mass is 10.1. The smallest absolute Gasteiger partial charge is 0.0470 e. The average molecular weight is 217 g/mol. The predicted octanol–water partition coefficient (Wildman–Crippen LogP) is 1.92. The zero-order valence-electron chi connectivity index (χ0n) is 9.58. The first-order valence-electron chi connectivity index (χ1n) is 5.69. The van der Waals surface area contributed by atoms with Crippen molar-refractivity contribution in [2.75, 3.05) is 12.8 Å². The maximum Gasteiger partial charge on any atom is 0.0470 e. The van der Waals surface area contributed by atoms with Gasteiger partial charge in [0.2, 0.25) is 0 Å². The van der Waals surface area contributed by atoms with Crippen molar-refractivity contribution in [2.45, 2.75) is 50.8 Å². The summed E-state index contributed by atoms with van der Waals surface area (Å²) in [5, 5.41) is 3.46. The molecule has 0 spiro atoms. The van der Waals surface area contributed by atoms with Gasteiger partial charge in [-0.05, 0) is 39.7 Å². The van der Waals surface area contributed by atoms with E-state index in [0.29, 0.717) is 6.04 Å². The Morgan fingerprint density at radius 3 is 2.43 bits per heavy atom. The zero-order chi connectivity index (χ0) is 10.6. The monoisotopic (exact) mass is 217 g/mol. The van der Waals surface area contributed by atoms with Crippen molar-refractivity contribution in [3.05, 3.63) is 0 Å². The molecule has 2 nitrogen and oxygen atoms in total. The van der Waals surface area contributed by atoms with Crippen LogP contribution in [0.3, 0.4) is 0 Å². The number of nitrogens with one attached hydrogen (secondary N) is 1. The summed E-state index contributed by atoms with van der Waals surface area (Å²) in [5.41, 5.74) is 0. The van der Waals surface area contributed by atoms with Gasteiger partial charge in [-0.1, -0.05) is 12.8 Å². The summed E-state index contributed by atoms with van der Waals surface area (Å²) in [5.74, 6) is 1.66. The Morgan fingerprint density at radius 2 is 1.93 bits per heavy atom. The van der Waals surface area contributed by atoms with E-state index in [1.165, 1.54) is 25.7 Å². The van der Waals surface area contributed by atoms with Gasteiger partial charge in [-0.15, -0.1) is 0 Å². The minimum Gasteiger partial charge on any atom is -0.316 e. The lowest BCUT2D eigenvalue weighted by Crippen LogP contribution is -2.37. The third-order valence-corrected chi connectivity index (χ3v) is 5.49. The summed E-state index contributed by atoms with van der Waals surface area (Å²) in [4.78, 5) is 0. The molecule has 3 heteroatoms. The van der Waals surface area contributed by atoms with Crippen LogP contribution in [0.4, 0.5) is 0 Å². The van der Waals surface area contributed by atoms with E-state index in [2.05, 4.69) is 19.2 Å². The minimum atomic E-state index is -0.647. The van der Waals surface area contributed by atoms with Gasteiger partial charge in [0.15, 0.2) is 0 Å². The molecule has 3 atom stereocenters. The Bertz CT molecular complexity index is 190. The van der Waals surface area contributed by atoms with Gasteiger partial charge in [0, 0.05) is 27.8 Å². The average Bonchev–Trinajstić information content (AvgIpc) is 2.68. The van der Waals surface area contributed by atoms with Gasteiger partial charge in [0.25, 0.3) is 0 Å². The molecule has 1 N–H and O–H groups in total. The molecular formula is C11H23NOS. The lowest BCUT2D eigenvalue weighted by molar-refractivity contribution is 0.566. The van der Waals surface area contributed by atoms with E-state index in [-0.39, 0.29) is 5.25 Å². The van der Waals surface area contributed by atoms with Gasteiger partial charge in [0.1, 0.15) is 0 Å². The van der Waals surface area contributed by atoms with Crippen molar-refractivity contribution in [3.63, 3.8) is 0 Å². The Morgan fingerprint density at radius 1 is 1.36 bits per heavy atom. The quantitative estimate of drug-likeness (QED) is 0.762. The summed E-state index contributed by atoms with van der Waals surface area (Å²) in [6.07, 6.45) is 5.29. The summed E-state index contributed by atoms with van der Waals surface area (Å²) < 4.78 is 12.0. The fraction of sp³-hybridized carbons (Fsp3) is 1.00. The third kappa shape index (κ3) is 3.35. The van der Waals surface area contributed by atoms with Gasteiger partial charge in [-0.25, -0.2) is 0 Å². The number of hydrogen-bond donors (Lipinski definition) is 1. The molecule has 3 unspecified atom stereocenters. The van der Waals surface area contributed by atoms with E-state index < -0.39 is 10.8 Å². The van der Waals surface area contributed by atoms with Gasteiger partial charge in [-0.3, -0.25) is 4.21 Å². The third-order valence-electron chi connectivity index (χ3n) is 3.45. The molecule has 0 heterocycles. The van der Waals surface area contributed by atoms with Crippen LogP contribution >= 0.6 is 0 Å². The Hall–Kier alpha value is 0.110. The van der Waals surface area contributed by atoms with Crippen LogP contribution in [-0.2, 0) is 10.8 Å². The molecule has 1 aliphatic carbocycles. The van der Waals surface area contributed by atoms with Gasteiger partial charge >= 0.3 is 0 Å². The summed E-state index contributed by atoms with van der Waals surface area (Å²) in [7, 11) is 1.29. The van der Waals surface area contributed by atoms with E-state index in [1.807, 2.05) is 7.05 Å². The fourth-order valence-corrected chi connectivity index (χ4v) is 3.72. The topological polar surface area (TPSA) is 29.1 Å². The van der Waals surface area contributed by atoms with Crippen molar-refractivity contribution in [3.8, 4) is 0 Å². The highest BCUT2D eigenvalue weighted by molar-refractivity contribution is 7.85. The van der Waals surface area contributed by atoms with E-state index in [9.17, 15) is 4.21 Å². The first-order valence-corrected chi connectivity index (χ1v) is 7.07. The zero-order valence-corrected chi connectivity index (χ0v) is 10.4. The lowest BCUT2D eigenvalue weighted by Gasteiger charge is -2.20. The maximum absolute atomic E-state index is 12.0. The molecule has 0 aromatic rings. The second kappa shape index (κ2) is 5.86. The predicted molar refractivity (Wildman–Crippen MR) is 63.0 cm³/mol. The molecule has 14 heavy (non-hydrogen) atoms. The first-order chi connectivity index (χ1) is 6.65. The molecule has 1 saturated carbocycles. The number of hydrogen-bond acceptors (Lipinski definition) is 2. The fourth-order valence-electron chi connectivity index (χ4n) is 2.02. The van der Waals surface area contributed by atoms with Crippen molar-refractivity contribution >= 4 is 10.8 Å². The maximum atomic E-state index is 12.0. The van der Waals surface area contributed by atoms with Crippen molar-refractivity contribution in [1.29, 1.82) is 0 Å². The van der Waals surface area contributed by atoms with E-state index >= 15 is 0 Å². The summed E-state index contributed by atoms with van der Waals surface area (Å²) in [6, 6.07) is 0.359. The van der Waals surface area contributed by atoms with E-state index in [0.717, 1.165) is 11.7 Å². The molecule has 1 fully saturated rings. The summed E-state index contributed by atoms with van der Waals surface area (Å²) >= 11 is 0.